The van der Waals surface area contributed by atoms with Crippen LogP contribution >= 0.6 is 0 Å². The Bertz CT molecular complexity index is 648. The summed E-state index contributed by atoms with van der Waals surface area (Å²) < 4.78 is 0. The van der Waals surface area contributed by atoms with Gasteiger partial charge >= 0.3 is 0 Å². The Morgan fingerprint density at radius 1 is 1.18 bits per heavy atom. The molecule has 1 fully saturated rings. The van der Waals surface area contributed by atoms with Gasteiger partial charge in [0.2, 0.25) is 5.95 Å². The van der Waals surface area contributed by atoms with Gasteiger partial charge in [-0.2, -0.15) is 0 Å². The van der Waals surface area contributed by atoms with E-state index < -0.39 is 0 Å². The van der Waals surface area contributed by atoms with E-state index >= 15 is 0 Å². The molecule has 0 bridgehead atoms. The number of aromatic nitrogens is 2. The number of carbonyl (C=O) groups is 1. The van der Waals surface area contributed by atoms with Gasteiger partial charge in [-0.05, 0) is 43.0 Å². The zero-order valence-electron chi connectivity index (χ0n) is 12.7. The van der Waals surface area contributed by atoms with Crippen LogP contribution in [0.1, 0.15) is 35.8 Å². The number of amides is 1. The molecule has 0 saturated carbocycles. The largest absolute Gasteiger partial charge is 0.337 e. The maximum absolute atomic E-state index is 12.3. The number of carbonyl (C=O) groups excluding carboxylic acids is 1. The van der Waals surface area contributed by atoms with Crippen molar-refractivity contribution in [2.45, 2.75) is 26.2 Å². The van der Waals surface area contributed by atoms with E-state index in [4.69, 9.17) is 0 Å². The monoisotopic (exact) mass is 296 g/mol. The highest BCUT2D eigenvalue weighted by Crippen LogP contribution is 2.16. The number of nitrogens with one attached hydrogen (secondary N) is 1. The predicted octanol–water partition coefficient (Wildman–Crippen LogP) is 3.02. The smallest absolute Gasteiger partial charge is 0.272 e. The third-order valence-corrected chi connectivity index (χ3v) is 3.89. The van der Waals surface area contributed by atoms with Crippen molar-refractivity contribution < 1.29 is 4.79 Å². The van der Waals surface area contributed by atoms with Crippen molar-refractivity contribution in [3.63, 3.8) is 0 Å². The van der Waals surface area contributed by atoms with Gasteiger partial charge in [0.1, 0.15) is 5.69 Å². The minimum Gasteiger partial charge on any atom is -0.337 e. The Morgan fingerprint density at radius 3 is 2.59 bits per heavy atom. The maximum atomic E-state index is 12.3. The van der Waals surface area contributed by atoms with Gasteiger partial charge in [0.25, 0.3) is 5.91 Å². The molecule has 0 unspecified atom stereocenters. The summed E-state index contributed by atoms with van der Waals surface area (Å²) in [6, 6.07) is 9.81. The molecule has 0 aliphatic carbocycles. The summed E-state index contributed by atoms with van der Waals surface area (Å²) in [7, 11) is 0. The molecular formula is C17H20N4O. The molecule has 1 aliphatic rings. The molecule has 22 heavy (non-hydrogen) atoms. The highest BCUT2D eigenvalue weighted by atomic mass is 16.2. The van der Waals surface area contributed by atoms with Crippen LogP contribution in [0.5, 0.6) is 0 Å². The molecule has 1 aromatic carbocycles. The number of hydrogen-bond acceptors (Lipinski definition) is 4. The van der Waals surface area contributed by atoms with Gasteiger partial charge in [0.15, 0.2) is 0 Å². The molecule has 0 atom stereocenters. The lowest BCUT2D eigenvalue weighted by Gasteiger charge is -2.14. The van der Waals surface area contributed by atoms with Crippen molar-refractivity contribution in [3.05, 3.63) is 47.8 Å². The summed E-state index contributed by atoms with van der Waals surface area (Å²) in [4.78, 5) is 22.7. The van der Waals surface area contributed by atoms with Gasteiger partial charge in [-0.25, -0.2) is 9.97 Å². The van der Waals surface area contributed by atoms with Crippen LogP contribution < -0.4 is 5.32 Å². The molecule has 2 heterocycles. The summed E-state index contributed by atoms with van der Waals surface area (Å²) in [6.07, 6.45) is 4.78. The van der Waals surface area contributed by atoms with Crippen LogP contribution in [0.2, 0.25) is 0 Å². The van der Waals surface area contributed by atoms with Crippen molar-refractivity contribution in [2.75, 3.05) is 18.4 Å². The fourth-order valence-corrected chi connectivity index (χ4v) is 2.57. The molecule has 1 saturated heterocycles. The Labute approximate surface area is 130 Å². The number of hydrogen-bond donors (Lipinski definition) is 1. The highest BCUT2D eigenvalue weighted by Gasteiger charge is 2.20. The van der Waals surface area contributed by atoms with Crippen molar-refractivity contribution in [2.24, 2.45) is 0 Å². The van der Waals surface area contributed by atoms with Gasteiger partial charge in [0.05, 0.1) is 0 Å². The number of likely N-dealkylation sites (tertiary alicyclic amines) is 1. The molecule has 2 aromatic rings. The van der Waals surface area contributed by atoms with E-state index in [2.05, 4.69) is 34.3 Å². The lowest BCUT2D eigenvalue weighted by molar-refractivity contribution is 0.0787. The van der Waals surface area contributed by atoms with E-state index in [0.717, 1.165) is 38.0 Å². The van der Waals surface area contributed by atoms with Crippen LogP contribution in [0.4, 0.5) is 11.6 Å². The second-order valence-electron chi connectivity index (χ2n) is 5.44. The molecule has 5 heteroatoms. The van der Waals surface area contributed by atoms with Gasteiger partial charge in [-0.15, -0.1) is 0 Å². The van der Waals surface area contributed by atoms with Crippen LogP contribution in [-0.4, -0.2) is 33.9 Å². The number of aryl methyl sites for hydroxylation is 1. The molecule has 114 valence electrons. The second-order valence-corrected chi connectivity index (χ2v) is 5.44. The van der Waals surface area contributed by atoms with Crippen LogP contribution in [0.15, 0.2) is 36.5 Å². The van der Waals surface area contributed by atoms with E-state index in [0.29, 0.717) is 11.6 Å². The summed E-state index contributed by atoms with van der Waals surface area (Å²) in [5.41, 5.74) is 2.65. The maximum Gasteiger partial charge on any atom is 0.272 e. The van der Waals surface area contributed by atoms with Crippen LogP contribution in [0, 0.1) is 0 Å². The molecule has 0 radical (unpaired) electrons. The first-order valence-electron chi connectivity index (χ1n) is 7.74. The average Bonchev–Trinajstić information content (AvgIpc) is 3.09. The van der Waals surface area contributed by atoms with Crippen LogP contribution in [0.3, 0.4) is 0 Å². The lowest BCUT2D eigenvalue weighted by Crippen LogP contribution is -2.28. The summed E-state index contributed by atoms with van der Waals surface area (Å²) >= 11 is 0. The normalized spacial score (nSPS) is 14.1. The van der Waals surface area contributed by atoms with E-state index in [1.165, 1.54) is 5.56 Å². The van der Waals surface area contributed by atoms with Crippen molar-refractivity contribution in [3.8, 4) is 0 Å². The van der Waals surface area contributed by atoms with Gasteiger partial charge in [0, 0.05) is 25.0 Å². The quantitative estimate of drug-likeness (QED) is 0.942. The Kier molecular flexibility index (Phi) is 4.32. The first-order valence-corrected chi connectivity index (χ1v) is 7.74. The molecule has 3 rings (SSSR count). The van der Waals surface area contributed by atoms with Crippen LogP contribution in [0.25, 0.3) is 0 Å². The predicted molar refractivity (Wildman–Crippen MR) is 86.3 cm³/mol. The average molecular weight is 296 g/mol. The SMILES string of the molecule is CCc1ccc(Nc2nccc(C(=O)N3CCCC3)n2)cc1. The van der Waals surface area contributed by atoms with E-state index in [1.54, 1.807) is 12.3 Å². The summed E-state index contributed by atoms with van der Waals surface area (Å²) in [5.74, 6) is 0.443. The number of nitrogens with zero attached hydrogens (tertiary/aromatic N) is 3. The lowest BCUT2D eigenvalue weighted by atomic mass is 10.1. The standard InChI is InChI=1S/C17H20N4O/c1-2-13-5-7-14(8-6-13)19-17-18-10-9-15(20-17)16(22)21-11-3-4-12-21/h5-10H,2-4,11-12H2,1H3,(H,18,19,20). The fraction of sp³-hybridized carbons (Fsp3) is 0.353. The zero-order chi connectivity index (χ0) is 15.4. The third kappa shape index (κ3) is 3.24. The van der Waals surface area contributed by atoms with Crippen LogP contribution in [-0.2, 0) is 6.42 Å². The zero-order valence-corrected chi connectivity index (χ0v) is 12.7. The van der Waals surface area contributed by atoms with E-state index in [-0.39, 0.29) is 5.91 Å². The first-order chi connectivity index (χ1) is 10.8. The number of benzene rings is 1. The molecule has 1 amide bonds. The minimum absolute atomic E-state index is 0.00993. The summed E-state index contributed by atoms with van der Waals surface area (Å²) in [6.45, 7) is 3.77. The highest BCUT2D eigenvalue weighted by molar-refractivity contribution is 5.92. The fourth-order valence-electron chi connectivity index (χ4n) is 2.57. The van der Waals surface area contributed by atoms with Gasteiger partial charge in [-0.3, -0.25) is 4.79 Å². The molecule has 5 nitrogen and oxygen atoms in total. The molecular weight excluding hydrogens is 276 g/mol. The topological polar surface area (TPSA) is 58.1 Å². The van der Waals surface area contributed by atoms with E-state index in [9.17, 15) is 4.79 Å². The minimum atomic E-state index is -0.00993. The summed E-state index contributed by atoms with van der Waals surface area (Å²) in [5, 5.41) is 3.15. The van der Waals surface area contributed by atoms with Gasteiger partial charge < -0.3 is 10.2 Å². The molecule has 1 aliphatic heterocycles. The van der Waals surface area contributed by atoms with Gasteiger partial charge in [-0.1, -0.05) is 19.1 Å². The Hall–Kier alpha value is -2.43. The molecule has 1 N–H and O–H groups in total. The van der Waals surface area contributed by atoms with E-state index in [1.807, 2.05) is 17.0 Å². The first kappa shape index (κ1) is 14.5. The molecule has 0 spiro atoms. The molecule has 1 aromatic heterocycles. The second kappa shape index (κ2) is 6.56. The van der Waals surface area contributed by atoms with Crippen molar-refractivity contribution in [1.82, 2.24) is 14.9 Å². The third-order valence-electron chi connectivity index (χ3n) is 3.89. The van der Waals surface area contributed by atoms with Crippen molar-refractivity contribution in [1.29, 1.82) is 0 Å². The van der Waals surface area contributed by atoms with Crippen molar-refractivity contribution >= 4 is 17.5 Å². The number of anilines is 2. The Balaban J connectivity index is 1.74. The number of rotatable bonds is 4. The Morgan fingerprint density at radius 2 is 1.91 bits per heavy atom.